The van der Waals surface area contributed by atoms with Gasteiger partial charge in [0.05, 0.1) is 11.8 Å². The molecule has 0 fully saturated rings. The topological polar surface area (TPSA) is 54.1 Å². The van der Waals surface area contributed by atoms with Crippen LogP contribution in [0, 0.1) is 26.0 Å². The molecule has 5 aromatic carbocycles. The number of hydrogen-bond acceptors (Lipinski definition) is 4. The Hall–Kier alpha value is -5.48. The Labute approximate surface area is 305 Å². The summed E-state index contributed by atoms with van der Waals surface area (Å²) in [5.74, 6) is 2.66. The summed E-state index contributed by atoms with van der Waals surface area (Å²) in [6.07, 6.45) is 1.83. The molecule has 7 heteroatoms. The quantitative estimate of drug-likeness (QED) is 0.115. The van der Waals surface area contributed by atoms with Crippen molar-refractivity contribution in [1.29, 1.82) is 0 Å². The number of hydrogen-bond donors (Lipinski definition) is 0. The van der Waals surface area contributed by atoms with E-state index in [0.717, 1.165) is 61.6 Å². The summed E-state index contributed by atoms with van der Waals surface area (Å²) in [6.45, 7) is 8.18. The number of aryl methyl sites for hydroxylation is 1. The van der Waals surface area contributed by atoms with Gasteiger partial charge >= 0.3 is 20.4 Å². The minimum Gasteiger partial charge on any atom is -0.509 e. The second kappa shape index (κ2) is 13.8. The molecule has 8 aromatic rings. The Morgan fingerprint density at radius 2 is 1.40 bits per heavy atom. The third-order valence-corrected chi connectivity index (χ3v) is 8.65. The van der Waals surface area contributed by atoms with E-state index in [9.17, 15) is 0 Å². The van der Waals surface area contributed by atoms with E-state index in [2.05, 4.69) is 90.4 Å². The van der Waals surface area contributed by atoms with Crippen molar-refractivity contribution in [1.82, 2.24) is 19.3 Å². The van der Waals surface area contributed by atoms with E-state index in [0.29, 0.717) is 11.5 Å². The molecule has 0 atom stereocenters. The molecule has 0 amide bonds. The second-order valence-corrected chi connectivity index (χ2v) is 12.4. The second-order valence-electron chi connectivity index (χ2n) is 12.4. The van der Waals surface area contributed by atoms with Crippen molar-refractivity contribution in [3.05, 3.63) is 151 Å². The van der Waals surface area contributed by atoms with Crippen LogP contribution in [-0.2, 0) is 20.4 Å². The average Bonchev–Trinajstić information content (AvgIpc) is 3.61. The molecule has 0 bridgehead atoms. The molecule has 0 N–H and O–H groups in total. The molecule has 0 radical (unpaired) electrons. The summed E-state index contributed by atoms with van der Waals surface area (Å²) in [5.41, 5.74) is 9.31. The van der Waals surface area contributed by atoms with E-state index >= 15 is 0 Å². The fourth-order valence-electron chi connectivity index (χ4n) is 6.53. The standard InChI is InChI=1S/C43H34N4O2.Pd/c1-28(2)48-37-23-24-44-42(27-37)46-40-16-9-8-15-38(40)39-22-21-36(26-41(39)46)49-35-14-10-13-34(25-35)47-30(4)43(29(3)45-47)33-19-17-32(18-20-33)31-11-6-5-7-12-31;/h5-24,27-28H,1-4H3;/q-2;+2. The molecule has 0 unspecified atom stereocenters. The molecule has 0 aliphatic rings. The number of pyridine rings is 1. The van der Waals surface area contributed by atoms with Gasteiger partial charge in [-0.3, -0.25) is 4.68 Å². The van der Waals surface area contributed by atoms with Crippen LogP contribution < -0.4 is 9.47 Å². The van der Waals surface area contributed by atoms with Crippen LogP contribution in [0.15, 0.2) is 128 Å². The van der Waals surface area contributed by atoms with Gasteiger partial charge in [0, 0.05) is 40.5 Å². The van der Waals surface area contributed by atoms with Crippen LogP contribution in [0.25, 0.3) is 55.6 Å². The first-order valence-corrected chi connectivity index (χ1v) is 16.4. The summed E-state index contributed by atoms with van der Waals surface area (Å²) in [4.78, 5) is 4.71. The smallest absolute Gasteiger partial charge is 0.509 e. The van der Waals surface area contributed by atoms with Crippen LogP contribution in [-0.4, -0.2) is 25.4 Å². The number of benzene rings is 5. The first-order chi connectivity index (χ1) is 23.9. The Balaban J connectivity index is 0.00000392. The molecule has 6 nitrogen and oxygen atoms in total. The van der Waals surface area contributed by atoms with Crippen LogP contribution in [0.5, 0.6) is 17.2 Å². The van der Waals surface area contributed by atoms with E-state index in [-0.39, 0.29) is 26.5 Å². The van der Waals surface area contributed by atoms with Crippen molar-refractivity contribution in [3.8, 4) is 51.0 Å². The molecule has 3 heterocycles. The zero-order valence-corrected chi connectivity index (χ0v) is 29.7. The van der Waals surface area contributed by atoms with Crippen molar-refractivity contribution in [2.24, 2.45) is 0 Å². The molecular weight excluding hydrogens is 711 g/mol. The van der Waals surface area contributed by atoms with Crippen molar-refractivity contribution >= 4 is 21.8 Å². The first kappa shape index (κ1) is 33.0. The predicted molar refractivity (Wildman–Crippen MR) is 196 cm³/mol. The van der Waals surface area contributed by atoms with Crippen LogP contribution in [0.2, 0.25) is 0 Å². The number of para-hydroxylation sites is 1. The van der Waals surface area contributed by atoms with Gasteiger partial charge in [0.1, 0.15) is 11.6 Å². The van der Waals surface area contributed by atoms with Crippen molar-refractivity contribution in [2.45, 2.75) is 33.8 Å². The van der Waals surface area contributed by atoms with Gasteiger partial charge in [-0.25, -0.2) is 4.98 Å². The van der Waals surface area contributed by atoms with E-state index in [1.54, 1.807) is 6.20 Å². The van der Waals surface area contributed by atoms with Crippen LogP contribution in [0.1, 0.15) is 25.2 Å². The zero-order chi connectivity index (χ0) is 33.5. The van der Waals surface area contributed by atoms with Crippen LogP contribution >= 0.6 is 0 Å². The monoisotopic (exact) mass is 744 g/mol. The SMILES string of the molecule is Cc1nn(-c2[c-]c(Oc3[c-]c4c(cc3)c3ccccc3n4-c3cc(OC(C)C)ccn3)ccc2)c(C)c1-c1ccc(-c2ccccc2)cc1.[Pd+2]. The van der Waals surface area contributed by atoms with Crippen molar-refractivity contribution in [2.75, 3.05) is 0 Å². The number of rotatable bonds is 8. The van der Waals surface area contributed by atoms with Gasteiger partial charge in [0.15, 0.2) is 0 Å². The molecule has 0 aliphatic carbocycles. The Morgan fingerprint density at radius 1 is 0.680 bits per heavy atom. The van der Waals surface area contributed by atoms with Crippen molar-refractivity contribution < 1.29 is 29.9 Å². The molecule has 8 rings (SSSR count). The van der Waals surface area contributed by atoms with Crippen LogP contribution in [0.3, 0.4) is 0 Å². The fourth-order valence-corrected chi connectivity index (χ4v) is 6.53. The number of nitrogens with zero attached hydrogens (tertiary/aromatic N) is 4. The Morgan fingerprint density at radius 3 is 2.20 bits per heavy atom. The molecule has 248 valence electrons. The maximum Gasteiger partial charge on any atom is 2.00 e. The number of aromatic nitrogens is 4. The molecule has 0 aliphatic heterocycles. The largest absolute Gasteiger partial charge is 2.00 e. The van der Waals surface area contributed by atoms with Gasteiger partial charge in [-0.1, -0.05) is 78.3 Å². The first-order valence-electron chi connectivity index (χ1n) is 16.4. The Kier molecular flexibility index (Phi) is 9.12. The van der Waals surface area contributed by atoms with E-state index in [1.165, 1.54) is 11.1 Å². The zero-order valence-electron chi connectivity index (χ0n) is 28.1. The van der Waals surface area contributed by atoms with E-state index < -0.39 is 0 Å². The molecular formula is C43H34N4O2Pd. The van der Waals surface area contributed by atoms with Gasteiger partial charge in [-0.15, -0.1) is 35.7 Å². The summed E-state index contributed by atoms with van der Waals surface area (Å²) in [5, 5.41) is 7.09. The third kappa shape index (κ3) is 6.23. The summed E-state index contributed by atoms with van der Waals surface area (Å²) in [7, 11) is 0. The maximum absolute atomic E-state index is 6.42. The summed E-state index contributed by atoms with van der Waals surface area (Å²) in [6, 6.07) is 48.1. The molecule has 50 heavy (non-hydrogen) atoms. The van der Waals surface area contributed by atoms with Gasteiger partial charge in [-0.2, -0.15) is 17.2 Å². The minimum atomic E-state index is 0. The average molecular weight is 745 g/mol. The summed E-state index contributed by atoms with van der Waals surface area (Å²) >= 11 is 0. The molecule has 0 saturated carbocycles. The van der Waals surface area contributed by atoms with Gasteiger partial charge in [0.2, 0.25) is 0 Å². The molecule has 0 saturated heterocycles. The minimum absolute atomic E-state index is 0. The van der Waals surface area contributed by atoms with E-state index in [1.807, 2.05) is 80.1 Å². The molecule has 0 spiro atoms. The normalized spacial score (nSPS) is 11.2. The Bertz CT molecular complexity index is 2450. The number of ether oxygens (including phenoxy) is 2. The van der Waals surface area contributed by atoms with Gasteiger partial charge in [0.25, 0.3) is 0 Å². The van der Waals surface area contributed by atoms with Gasteiger partial charge in [-0.05, 0) is 67.6 Å². The predicted octanol–water partition coefficient (Wildman–Crippen LogP) is 10.5. The summed E-state index contributed by atoms with van der Waals surface area (Å²) < 4.78 is 16.5. The molecule has 3 aromatic heterocycles. The van der Waals surface area contributed by atoms with Crippen LogP contribution in [0.4, 0.5) is 0 Å². The van der Waals surface area contributed by atoms with Gasteiger partial charge < -0.3 is 14.0 Å². The number of fused-ring (bicyclic) bond motifs is 3. The van der Waals surface area contributed by atoms with E-state index in [4.69, 9.17) is 19.6 Å². The third-order valence-electron chi connectivity index (χ3n) is 8.65. The fraction of sp³-hybridized carbons (Fsp3) is 0.116. The maximum atomic E-state index is 6.42. The van der Waals surface area contributed by atoms with Crippen molar-refractivity contribution in [3.63, 3.8) is 0 Å².